The maximum Gasteiger partial charge on any atom is 0.315 e. The zero-order valence-corrected chi connectivity index (χ0v) is 12.8. The summed E-state index contributed by atoms with van der Waals surface area (Å²) in [4.78, 5) is 0. The highest BCUT2D eigenvalue weighted by Gasteiger charge is 2.13. The molecule has 0 amide bonds. The van der Waals surface area contributed by atoms with Crippen molar-refractivity contribution in [3.63, 3.8) is 0 Å². The third-order valence-corrected chi connectivity index (χ3v) is 3.07. The first-order chi connectivity index (χ1) is 10.2. The molecule has 0 unspecified atom stereocenters. The van der Waals surface area contributed by atoms with Crippen LogP contribution in [0.2, 0.25) is 0 Å². The van der Waals surface area contributed by atoms with E-state index in [1.165, 1.54) is 0 Å². The zero-order chi connectivity index (χ0) is 15.1. The summed E-state index contributed by atoms with van der Waals surface area (Å²) in [7, 11) is 1.63. The van der Waals surface area contributed by atoms with Crippen LogP contribution in [0.4, 0.5) is 6.01 Å². The van der Waals surface area contributed by atoms with Crippen LogP contribution in [-0.2, 0) is 0 Å². The zero-order valence-electron chi connectivity index (χ0n) is 12.8. The van der Waals surface area contributed by atoms with Gasteiger partial charge in [-0.1, -0.05) is 18.1 Å². The summed E-state index contributed by atoms with van der Waals surface area (Å²) >= 11 is 0. The lowest BCUT2D eigenvalue weighted by molar-refractivity contribution is 0.414. The summed E-state index contributed by atoms with van der Waals surface area (Å²) in [6.45, 7) is 6.85. The Morgan fingerprint density at radius 3 is 2.86 bits per heavy atom. The lowest BCUT2D eigenvalue weighted by Gasteiger charge is -2.05. The monoisotopic (exact) mass is 290 g/mol. The molecule has 0 aliphatic heterocycles. The fourth-order valence-electron chi connectivity index (χ4n) is 1.96. The molecule has 0 bridgehead atoms. The van der Waals surface area contributed by atoms with Crippen molar-refractivity contribution in [1.82, 2.24) is 15.5 Å². The second-order valence-electron chi connectivity index (χ2n) is 4.75. The van der Waals surface area contributed by atoms with Crippen molar-refractivity contribution in [2.75, 3.05) is 32.1 Å². The van der Waals surface area contributed by atoms with E-state index in [4.69, 9.17) is 9.15 Å². The third-order valence-electron chi connectivity index (χ3n) is 3.07. The van der Waals surface area contributed by atoms with Crippen molar-refractivity contribution in [3.8, 4) is 17.2 Å². The van der Waals surface area contributed by atoms with Crippen LogP contribution in [0, 0.1) is 6.92 Å². The van der Waals surface area contributed by atoms with E-state index in [9.17, 15) is 0 Å². The third kappa shape index (κ3) is 4.19. The van der Waals surface area contributed by atoms with E-state index in [-0.39, 0.29) is 0 Å². The SMILES string of the molecule is CCNCCCNc1nnc(-c2ccc(C)cc2OC)o1. The summed E-state index contributed by atoms with van der Waals surface area (Å²) in [5.74, 6) is 1.19. The average Bonchev–Trinajstić information content (AvgIpc) is 2.95. The number of hydrogen-bond donors (Lipinski definition) is 2. The van der Waals surface area contributed by atoms with E-state index in [0.29, 0.717) is 11.9 Å². The number of aromatic nitrogens is 2. The highest BCUT2D eigenvalue weighted by atomic mass is 16.5. The topological polar surface area (TPSA) is 72.2 Å². The lowest BCUT2D eigenvalue weighted by Crippen LogP contribution is -2.17. The molecule has 114 valence electrons. The first kappa shape index (κ1) is 15.3. The van der Waals surface area contributed by atoms with Crippen LogP contribution in [0.3, 0.4) is 0 Å². The second kappa shape index (κ2) is 7.64. The highest BCUT2D eigenvalue weighted by molar-refractivity contribution is 5.63. The fraction of sp³-hybridized carbons (Fsp3) is 0.467. The fourth-order valence-corrected chi connectivity index (χ4v) is 1.96. The Morgan fingerprint density at radius 1 is 1.24 bits per heavy atom. The number of rotatable bonds is 8. The van der Waals surface area contributed by atoms with Crippen molar-refractivity contribution in [3.05, 3.63) is 23.8 Å². The van der Waals surface area contributed by atoms with Gasteiger partial charge in [-0.25, -0.2) is 0 Å². The smallest absolute Gasteiger partial charge is 0.315 e. The molecule has 1 heterocycles. The van der Waals surface area contributed by atoms with Crippen molar-refractivity contribution in [1.29, 1.82) is 0 Å². The standard InChI is InChI=1S/C15H22N4O2/c1-4-16-8-5-9-17-15-19-18-14(21-15)12-7-6-11(2)10-13(12)20-3/h6-7,10,16H,4-5,8-9H2,1-3H3,(H,17,19). The maximum absolute atomic E-state index is 5.62. The van der Waals surface area contributed by atoms with Crippen LogP contribution >= 0.6 is 0 Å². The van der Waals surface area contributed by atoms with E-state index in [1.807, 2.05) is 25.1 Å². The molecular formula is C15H22N4O2. The second-order valence-corrected chi connectivity index (χ2v) is 4.75. The molecule has 0 aliphatic rings. The van der Waals surface area contributed by atoms with Crippen LogP contribution in [0.25, 0.3) is 11.5 Å². The number of hydrogen-bond acceptors (Lipinski definition) is 6. The molecule has 0 saturated heterocycles. The van der Waals surface area contributed by atoms with Gasteiger partial charge in [-0.15, -0.1) is 5.10 Å². The van der Waals surface area contributed by atoms with Gasteiger partial charge < -0.3 is 19.8 Å². The van der Waals surface area contributed by atoms with Gasteiger partial charge in [0.15, 0.2) is 0 Å². The number of anilines is 1. The Balaban J connectivity index is 1.99. The normalized spacial score (nSPS) is 10.6. The maximum atomic E-state index is 5.62. The van der Waals surface area contributed by atoms with Crippen molar-refractivity contribution in [2.45, 2.75) is 20.3 Å². The molecule has 2 aromatic rings. The van der Waals surface area contributed by atoms with Crippen LogP contribution in [0.15, 0.2) is 22.6 Å². The number of nitrogens with zero attached hydrogens (tertiary/aromatic N) is 2. The predicted octanol–water partition coefficient (Wildman–Crippen LogP) is 2.47. The Bertz CT molecular complexity index is 569. The molecule has 0 atom stereocenters. The lowest BCUT2D eigenvalue weighted by atomic mass is 10.1. The van der Waals surface area contributed by atoms with E-state index < -0.39 is 0 Å². The largest absolute Gasteiger partial charge is 0.496 e. The number of ether oxygens (including phenoxy) is 1. The van der Waals surface area contributed by atoms with Gasteiger partial charge in [-0.3, -0.25) is 0 Å². The van der Waals surface area contributed by atoms with E-state index in [2.05, 4.69) is 27.8 Å². The average molecular weight is 290 g/mol. The highest BCUT2D eigenvalue weighted by Crippen LogP contribution is 2.30. The summed E-state index contributed by atoms with van der Waals surface area (Å²) in [6, 6.07) is 6.30. The van der Waals surface area contributed by atoms with Gasteiger partial charge in [0.1, 0.15) is 5.75 Å². The number of benzene rings is 1. The predicted molar refractivity (Wildman–Crippen MR) is 82.7 cm³/mol. The molecule has 0 fully saturated rings. The van der Waals surface area contributed by atoms with Gasteiger partial charge in [-0.2, -0.15) is 0 Å². The van der Waals surface area contributed by atoms with Gasteiger partial charge in [0.2, 0.25) is 0 Å². The first-order valence-electron chi connectivity index (χ1n) is 7.17. The Labute approximate surface area is 124 Å². The molecule has 2 rings (SSSR count). The molecule has 2 N–H and O–H groups in total. The molecule has 0 radical (unpaired) electrons. The molecular weight excluding hydrogens is 268 g/mol. The van der Waals surface area contributed by atoms with Gasteiger partial charge in [0.25, 0.3) is 5.89 Å². The van der Waals surface area contributed by atoms with Crippen LogP contribution in [-0.4, -0.2) is 36.9 Å². The Hall–Kier alpha value is -2.08. The Kier molecular flexibility index (Phi) is 5.57. The molecule has 0 aliphatic carbocycles. The van der Waals surface area contributed by atoms with Crippen LogP contribution < -0.4 is 15.4 Å². The summed E-state index contributed by atoms with van der Waals surface area (Å²) in [5.41, 5.74) is 1.92. The van der Waals surface area contributed by atoms with E-state index in [1.54, 1.807) is 7.11 Å². The van der Waals surface area contributed by atoms with Crippen LogP contribution in [0.5, 0.6) is 5.75 Å². The number of methoxy groups -OCH3 is 1. The quantitative estimate of drug-likeness (QED) is 0.728. The molecule has 6 nitrogen and oxygen atoms in total. The van der Waals surface area contributed by atoms with Crippen molar-refractivity contribution in [2.24, 2.45) is 0 Å². The molecule has 1 aromatic carbocycles. The molecule has 6 heteroatoms. The summed E-state index contributed by atoms with van der Waals surface area (Å²) in [5, 5.41) is 14.5. The minimum atomic E-state index is 0.434. The summed E-state index contributed by atoms with van der Waals surface area (Å²) in [6.07, 6.45) is 0.999. The minimum Gasteiger partial charge on any atom is -0.496 e. The van der Waals surface area contributed by atoms with Gasteiger partial charge in [0.05, 0.1) is 12.7 Å². The molecule has 0 spiro atoms. The van der Waals surface area contributed by atoms with Gasteiger partial charge in [0, 0.05) is 6.54 Å². The minimum absolute atomic E-state index is 0.434. The van der Waals surface area contributed by atoms with Crippen molar-refractivity contribution >= 4 is 6.01 Å². The molecule has 1 aromatic heterocycles. The van der Waals surface area contributed by atoms with E-state index in [0.717, 1.165) is 42.9 Å². The Morgan fingerprint density at radius 2 is 2.10 bits per heavy atom. The molecule has 21 heavy (non-hydrogen) atoms. The molecule has 0 saturated carbocycles. The number of aryl methyl sites for hydroxylation is 1. The van der Waals surface area contributed by atoms with Crippen molar-refractivity contribution < 1.29 is 9.15 Å². The number of nitrogens with one attached hydrogen (secondary N) is 2. The summed E-state index contributed by atoms with van der Waals surface area (Å²) < 4.78 is 11.0. The van der Waals surface area contributed by atoms with Gasteiger partial charge in [-0.05, 0) is 44.1 Å². The first-order valence-corrected chi connectivity index (χ1v) is 7.17. The van der Waals surface area contributed by atoms with Gasteiger partial charge >= 0.3 is 6.01 Å². The van der Waals surface area contributed by atoms with E-state index >= 15 is 0 Å². The van der Waals surface area contributed by atoms with Crippen LogP contribution in [0.1, 0.15) is 18.9 Å².